The van der Waals surface area contributed by atoms with Crippen molar-refractivity contribution in [3.05, 3.63) is 113 Å². The summed E-state index contributed by atoms with van der Waals surface area (Å²) >= 11 is 0. The van der Waals surface area contributed by atoms with E-state index < -0.39 is 0 Å². The molecule has 0 saturated carbocycles. The Kier molecular flexibility index (Phi) is 6.86. The molecule has 2 aromatic carbocycles. The number of carbonyl (C=O) groups excluding carboxylic acids is 1. The SMILES string of the molecule is O=C(NCc1ccccn1)c1nn(CCc2ccccc2)c2c1CN(Cc1ccc(O)cc1)CC2. The van der Waals surface area contributed by atoms with Gasteiger partial charge in [0.15, 0.2) is 5.69 Å². The Balaban J connectivity index is 1.36. The molecule has 1 aliphatic heterocycles. The number of nitrogens with one attached hydrogen (secondary N) is 1. The lowest BCUT2D eigenvalue weighted by Crippen LogP contribution is -2.32. The topological polar surface area (TPSA) is 83.3 Å². The monoisotopic (exact) mass is 467 g/mol. The normalized spacial score (nSPS) is 13.4. The van der Waals surface area contributed by atoms with E-state index in [-0.39, 0.29) is 11.7 Å². The van der Waals surface area contributed by atoms with Crippen LogP contribution in [0.5, 0.6) is 5.75 Å². The molecule has 7 nitrogen and oxygen atoms in total. The van der Waals surface area contributed by atoms with Gasteiger partial charge < -0.3 is 10.4 Å². The van der Waals surface area contributed by atoms with Crippen molar-refractivity contribution in [1.82, 2.24) is 25.0 Å². The van der Waals surface area contributed by atoms with Gasteiger partial charge >= 0.3 is 0 Å². The van der Waals surface area contributed by atoms with E-state index in [4.69, 9.17) is 5.10 Å². The molecule has 0 saturated heterocycles. The maximum Gasteiger partial charge on any atom is 0.272 e. The lowest BCUT2D eigenvalue weighted by atomic mass is 10.0. The fraction of sp³-hybridized carbons (Fsp3) is 0.250. The fourth-order valence-corrected chi connectivity index (χ4v) is 4.55. The van der Waals surface area contributed by atoms with Crippen molar-refractivity contribution >= 4 is 5.91 Å². The van der Waals surface area contributed by atoms with Crippen molar-refractivity contribution in [2.24, 2.45) is 0 Å². The minimum absolute atomic E-state index is 0.170. The van der Waals surface area contributed by atoms with E-state index in [1.807, 2.05) is 53.2 Å². The van der Waals surface area contributed by atoms with Crippen LogP contribution in [-0.4, -0.2) is 37.2 Å². The molecular formula is C28H29N5O2. The molecule has 178 valence electrons. The summed E-state index contributed by atoms with van der Waals surface area (Å²) in [7, 11) is 0. The predicted molar refractivity (Wildman–Crippen MR) is 134 cm³/mol. The number of benzene rings is 2. The van der Waals surface area contributed by atoms with Crippen molar-refractivity contribution in [2.45, 2.75) is 39.0 Å². The van der Waals surface area contributed by atoms with Gasteiger partial charge in [-0.25, -0.2) is 0 Å². The maximum atomic E-state index is 13.2. The minimum Gasteiger partial charge on any atom is -0.508 e. The van der Waals surface area contributed by atoms with Crippen LogP contribution in [0.4, 0.5) is 0 Å². The van der Waals surface area contributed by atoms with Gasteiger partial charge in [-0.1, -0.05) is 48.5 Å². The Bertz CT molecular complexity index is 1270. The third-order valence-electron chi connectivity index (χ3n) is 6.38. The molecule has 0 unspecified atom stereocenters. The second-order valence-corrected chi connectivity index (χ2v) is 8.86. The van der Waals surface area contributed by atoms with Crippen LogP contribution in [-0.2, 0) is 39.0 Å². The molecule has 4 aromatic rings. The van der Waals surface area contributed by atoms with Crippen LogP contribution in [0.1, 0.15) is 38.6 Å². The number of pyridine rings is 1. The average Bonchev–Trinajstić information content (AvgIpc) is 3.26. The summed E-state index contributed by atoms with van der Waals surface area (Å²) in [5.41, 5.74) is 5.84. The molecule has 2 N–H and O–H groups in total. The first-order chi connectivity index (χ1) is 17.2. The maximum absolute atomic E-state index is 13.2. The summed E-state index contributed by atoms with van der Waals surface area (Å²) < 4.78 is 2.02. The van der Waals surface area contributed by atoms with Gasteiger partial charge in [0.05, 0.1) is 12.2 Å². The van der Waals surface area contributed by atoms with Crippen LogP contribution >= 0.6 is 0 Å². The number of aromatic hydroxyl groups is 1. The highest BCUT2D eigenvalue weighted by Gasteiger charge is 2.28. The molecule has 35 heavy (non-hydrogen) atoms. The molecule has 3 heterocycles. The summed E-state index contributed by atoms with van der Waals surface area (Å²) in [4.78, 5) is 19.8. The van der Waals surface area contributed by atoms with Crippen molar-refractivity contribution in [3.8, 4) is 5.75 Å². The molecule has 1 amide bonds. The number of nitrogens with zero attached hydrogens (tertiary/aromatic N) is 4. The number of amides is 1. The van der Waals surface area contributed by atoms with Gasteiger partial charge in [0, 0.05) is 50.1 Å². The van der Waals surface area contributed by atoms with Crippen molar-refractivity contribution < 1.29 is 9.90 Å². The largest absolute Gasteiger partial charge is 0.508 e. The second-order valence-electron chi connectivity index (χ2n) is 8.86. The van der Waals surface area contributed by atoms with Crippen molar-refractivity contribution in [2.75, 3.05) is 6.54 Å². The number of phenolic OH excluding ortho intramolecular Hbond substituents is 1. The Morgan fingerprint density at radius 2 is 1.77 bits per heavy atom. The zero-order chi connectivity index (χ0) is 24.0. The third kappa shape index (κ3) is 5.58. The summed E-state index contributed by atoms with van der Waals surface area (Å²) in [5.74, 6) is 0.0954. The van der Waals surface area contributed by atoms with Gasteiger partial charge in [-0.3, -0.25) is 19.4 Å². The van der Waals surface area contributed by atoms with E-state index in [9.17, 15) is 9.90 Å². The standard InChI is InChI=1S/C28H29N5O2/c34-24-11-9-22(10-12-24)19-32-16-14-26-25(20-32)27(28(35)30-18-23-8-4-5-15-29-23)31-33(26)17-13-21-6-2-1-3-7-21/h1-12,15,34H,13-14,16-20H2,(H,30,35). The van der Waals surface area contributed by atoms with Gasteiger partial charge in [-0.15, -0.1) is 0 Å². The number of aromatic nitrogens is 3. The molecule has 0 aliphatic carbocycles. The summed E-state index contributed by atoms with van der Waals surface area (Å²) in [6.07, 6.45) is 3.42. The summed E-state index contributed by atoms with van der Waals surface area (Å²) in [6.45, 7) is 3.40. The van der Waals surface area contributed by atoms with E-state index in [2.05, 4.69) is 27.3 Å². The molecule has 5 rings (SSSR count). The van der Waals surface area contributed by atoms with Crippen LogP contribution in [0.15, 0.2) is 79.0 Å². The Morgan fingerprint density at radius 3 is 2.54 bits per heavy atom. The van der Waals surface area contributed by atoms with Crippen LogP contribution in [0.25, 0.3) is 0 Å². The molecule has 1 aliphatic rings. The van der Waals surface area contributed by atoms with Crippen LogP contribution in [0.2, 0.25) is 0 Å². The molecule has 0 bridgehead atoms. The third-order valence-corrected chi connectivity index (χ3v) is 6.38. The van der Waals surface area contributed by atoms with E-state index >= 15 is 0 Å². The zero-order valence-corrected chi connectivity index (χ0v) is 19.6. The first-order valence-electron chi connectivity index (χ1n) is 12.0. The number of phenols is 1. The van der Waals surface area contributed by atoms with Crippen LogP contribution < -0.4 is 5.32 Å². The highest BCUT2D eigenvalue weighted by molar-refractivity contribution is 5.94. The first kappa shape index (κ1) is 22.8. The van der Waals surface area contributed by atoms with Gasteiger partial charge in [0.1, 0.15) is 5.75 Å². The van der Waals surface area contributed by atoms with Crippen LogP contribution in [0, 0.1) is 0 Å². The first-order valence-corrected chi connectivity index (χ1v) is 12.0. The zero-order valence-electron chi connectivity index (χ0n) is 19.6. The number of hydrogen-bond acceptors (Lipinski definition) is 5. The molecule has 0 fully saturated rings. The molecular weight excluding hydrogens is 438 g/mol. The quantitative estimate of drug-likeness (QED) is 0.413. The molecule has 0 spiro atoms. The molecule has 0 radical (unpaired) electrons. The van der Waals surface area contributed by atoms with Crippen molar-refractivity contribution in [1.29, 1.82) is 0 Å². The van der Waals surface area contributed by atoms with E-state index in [0.29, 0.717) is 18.8 Å². The highest BCUT2D eigenvalue weighted by Crippen LogP contribution is 2.25. The number of carbonyl (C=O) groups is 1. The smallest absolute Gasteiger partial charge is 0.272 e. The van der Waals surface area contributed by atoms with Gasteiger partial charge in [-0.05, 0) is 41.8 Å². The fourth-order valence-electron chi connectivity index (χ4n) is 4.55. The van der Waals surface area contributed by atoms with E-state index in [0.717, 1.165) is 55.0 Å². The molecule has 0 atom stereocenters. The lowest BCUT2D eigenvalue weighted by Gasteiger charge is -2.27. The van der Waals surface area contributed by atoms with E-state index in [1.54, 1.807) is 18.3 Å². The molecule has 7 heteroatoms. The average molecular weight is 468 g/mol. The number of hydrogen-bond donors (Lipinski definition) is 2. The Morgan fingerprint density at radius 1 is 0.971 bits per heavy atom. The number of aryl methyl sites for hydroxylation is 2. The predicted octanol–water partition coefficient (Wildman–Crippen LogP) is 3.71. The number of rotatable bonds is 8. The Hall–Kier alpha value is -3.97. The molecule has 2 aromatic heterocycles. The van der Waals surface area contributed by atoms with Crippen molar-refractivity contribution in [3.63, 3.8) is 0 Å². The van der Waals surface area contributed by atoms with Gasteiger partial charge in [0.2, 0.25) is 0 Å². The minimum atomic E-state index is -0.170. The second kappa shape index (κ2) is 10.5. The summed E-state index contributed by atoms with van der Waals surface area (Å²) in [6, 6.07) is 23.3. The summed E-state index contributed by atoms with van der Waals surface area (Å²) in [5, 5.41) is 17.4. The number of fused-ring (bicyclic) bond motifs is 1. The van der Waals surface area contributed by atoms with Gasteiger partial charge in [-0.2, -0.15) is 5.10 Å². The van der Waals surface area contributed by atoms with Crippen LogP contribution in [0.3, 0.4) is 0 Å². The lowest BCUT2D eigenvalue weighted by molar-refractivity contribution is 0.0942. The highest BCUT2D eigenvalue weighted by atomic mass is 16.3. The Labute approximate surface area is 205 Å². The van der Waals surface area contributed by atoms with Gasteiger partial charge in [0.25, 0.3) is 5.91 Å². The van der Waals surface area contributed by atoms with E-state index in [1.165, 1.54) is 5.56 Å².